The first-order chi connectivity index (χ1) is 12.4. The molecule has 0 amide bonds. The third-order valence-corrected chi connectivity index (χ3v) is 6.15. The molecule has 3 aromatic rings. The van der Waals surface area contributed by atoms with E-state index in [1.807, 2.05) is 0 Å². The highest BCUT2D eigenvalue weighted by molar-refractivity contribution is 7.99. The number of rotatable bonds is 5. The highest BCUT2D eigenvalue weighted by Crippen LogP contribution is 2.42. The van der Waals surface area contributed by atoms with Gasteiger partial charge in [-0.1, -0.05) is 30.0 Å². The summed E-state index contributed by atoms with van der Waals surface area (Å²) in [6.45, 7) is 0.904. The topological polar surface area (TPSA) is 55.7 Å². The third kappa shape index (κ3) is 2.98. The predicted molar refractivity (Wildman–Crippen MR) is 99.9 cm³/mol. The molecule has 130 valence electrons. The van der Waals surface area contributed by atoms with Gasteiger partial charge in [0.2, 0.25) is 0 Å². The lowest BCUT2D eigenvalue weighted by Crippen LogP contribution is -2.21. The Morgan fingerprint density at radius 1 is 1.16 bits per heavy atom. The summed E-state index contributed by atoms with van der Waals surface area (Å²) >= 11 is 1.80. The zero-order chi connectivity index (χ0) is 16.6. The van der Waals surface area contributed by atoms with Crippen LogP contribution in [0, 0.1) is 0 Å². The van der Waals surface area contributed by atoms with Crippen LogP contribution in [0.25, 0.3) is 22.3 Å². The molecule has 1 aliphatic carbocycles. The van der Waals surface area contributed by atoms with Crippen LogP contribution in [0.5, 0.6) is 0 Å². The second-order valence-electron chi connectivity index (χ2n) is 6.95. The van der Waals surface area contributed by atoms with Gasteiger partial charge in [0.25, 0.3) is 0 Å². The van der Waals surface area contributed by atoms with Crippen LogP contribution in [-0.4, -0.2) is 38.2 Å². The molecule has 1 aliphatic heterocycles. The molecular formula is C19H22N4OS. The van der Waals surface area contributed by atoms with Gasteiger partial charge in [-0.05, 0) is 38.2 Å². The molecular weight excluding hydrogens is 332 g/mol. The molecule has 2 fully saturated rings. The monoisotopic (exact) mass is 354 g/mol. The number of hydrogen-bond donors (Lipinski definition) is 1. The molecule has 1 saturated heterocycles. The fourth-order valence-corrected chi connectivity index (χ4v) is 4.65. The lowest BCUT2D eigenvalue weighted by Gasteiger charge is -2.21. The molecule has 1 aromatic carbocycles. The van der Waals surface area contributed by atoms with Crippen LogP contribution in [0.2, 0.25) is 0 Å². The number of fused-ring (bicyclic) bond motifs is 1. The summed E-state index contributed by atoms with van der Waals surface area (Å²) in [5, 5.41) is 11.3. The largest absolute Gasteiger partial charge is 0.377 e. The number of para-hydroxylation sites is 1. The van der Waals surface area contributed by atoms with E-state index in [1.165, 1.54) is 37.5 Å². The molecule has 2 aliphatic rings. The molecule has 1 N–H and O–H groups in total. The molecule has 5 nitrogen and oxygen atoms in total. The molecule has 0 radical (unpaired) electrons. The Bertz CT molecular complexity index is 877. The second kappa shape index (κ2) is 6.50. The molecule has 2 aromatic heterocycles. The Morgan fingerprint density at radius 3 is 2.92 bits per heavy atom. The van der Waals surface area contributed by atoms with Gasteiger partial charge >= 0.3 is 0 Å². The highest BCUT2D eigenvalue weighted by atomic mass is 32.2. The van der Waals surface area contributed by atoms with Crippen LogP contribution in [0.1, 0.15) is 38.1 Å². The minimum atomic E-state index is 0.361. The lowest BCUT2D eigenvalue weighted by atomic mass is 10.1. The van der Waals surface area contributed by atoms with Crippen LogP contribution < -0.4 is 0 Å². The van der Waals surface area contributed by atoms with E-state index in [4.69, 9.17) is 4.74 Å². The average Bonchev–Trinajstić information content (AvgIpc) is 3.27. The van der Waals surface area contributed by atoms with E-state index in [2.05, 4.69) is 50.2 Å². The number of aromatic amines is 1. The van der Waals surface area contributed by atoms with E-state index in [1.54, 1.807) is 11.8 Å². The number of thioether (sulfide) groups is 1. The molecule has 1 unspecified atom stereocenters. The summed E-state index contributed by atoms with van der Waals surface area (Å²) < 4.78 is 8.22. The van der Waals surface area contributed by atoms with Crippen molar-refractivity contribution in [3.05, 3.63) is 30.5 Å². The van der Waals surface area contributed by atoms with Crippen molar-refractivity contribution in [2.45, 2.75) is 49.4 Å². The average molecular weight is 354 g/mol. The van der Waals surface area contributed by atoms with Gasteiger partial charge in [0.15, 0.2) is 11.0 Å². The predicted octanol–water partition coefficient (Wildman–Crippen LogP) is 4.42. The van der Waals surface area contributed by atoms with Gasteiger partial charge in [-0.3, -0.25) is 4.57 Å². The summed E-state index contributed by atoms with van der Waals surface area (Å²) in [5.41, 5.74) is 2.29. The van der Waals surface area contributed by atoms with Gasteiger partial charge in [0.05, 0.1) is 6.10 Å². The summed E-state index contributed by atoms with van der Waals surface area (Å²) in [6.07, 6.45) is 8.51. The Morgan fingerprint density at radius 2 is 2.08 bits per heavy atom. The summed E-state index contributed by atoms with van der Waals surface area (Å²) in [6, 6.07) is 8.93. The third-order valence-electron chi connectivity index (χ3n) is 5.08. The van der Waals surface area contributed by atoms with E-state index in [0.29, 0.717) is 12.1 Å². The van der Waals surface area contributed by atoms with E-state index < -0.39 is 0 Å². The van der Waals surface area contributed by atoms with E-state index in [-0.39, 0.29) is 0 Å². The van der Waals surface area contributed by atoms with Crippen LogP contribution in [0.15, 0.2) is 35.6 Å². The summed E-state index contributed by atoms with van der Waals surface area (Å²) in [7, 11) is 0. The highest BCUT2D eigenvalue weighted by Gasteiger charge is 2.31. The van der Waals surface area contributed by atoms with Crippen molar-refractivity contribution in [3.63, 3.8) is 0 Å². The first-order valence-corrected chi connectivity index (χ1v) is 10.1. The van der Waals surface area contributed by atoms with E-state index in [0.717, 1.165) is 34.4 Å². The van der Waals surface area contributed by atoms with E-state index in [9.17, 15) is 0 Å². The second-order valence-corrected chi connectivity index (χ2v) is 7.94. The lowest BCUT2D eigenvalue weighted by molar-refractivity contribution is 0.0315. The number of H-pyrrole nitrogens is 1. The maximum absolute atomic E-state index is 5.87. The van der Waals surface area contributed by atoms with Crippen molar-refractivity contribution in [3.8, 4) is 11.4 Å². The zero-order valence-corrected chi connectivity index (χ0v) is 15.0. The molecule has 3 heterocycles. The van der Waals surface area contributed by atoms with Crippen molar-refractivity contribution in [1.29, 1.82) is 0 Å². The smallest absolute Gasteiger partial charge is 0.191 e. The first kappa shape index (κ1) is 15.5. The molecule has 0 bridgehead atoms. The number of aromatic nitrogens is 4. The molecule has 25 heavy (non-hydrogen) atoms. The Balaban J connectivity index is 1.45. The number of benzene rings is 1. The van der Waals surface area contributed by atoms with Gasteiger partial charge in [0.1, 0.15) is 0 Å². The van der Waals surface area contributed by atoms with Crippen LogP contribution >= 0.6 is 11.8 Å². The van der Waals surface area contributed by atoms with Gasteiger partial charge in [-0.25, -0.2) is 0 Å². The van der Waals surface area contributed by atoms with E-state index >= 15 is 0 Å². The standard InChI is InChI=1S/C19H22N4OS/c1-2-7-17-15(6-1)16(11-20-17)18-21-22-19(23(18)13-8-9-13)25-12-14-5-3-4-10-24-14/h1-2,6-7,11,13-14,20H,3-5,8-10,12H2. The quantitative estimate of drug-likeness (QED) is 0.689. The normalized spacial score (nSPS) is 21.0. The van der Waals surface area contributed by atoms with Crippen molar-refractivity contribution >= 4 is 22.7 Å². The molecule has 5 rings (SSSR count). The number of hydrogen-bond acceptors (Lipinski definition) is 4. The minimum absolute atomic E-state index is 0.361. The van der Waals surface area contributed by atoms with Crippen LogP contribution in [0.3, 0.4) is 0 Å². The summed E-state index contributed by atoms with van der Waals surface area (Å²) in [4.78, 5) is 3.36. The minimum Gasteiger partial charge on any atom is -0.377 e. The fourth-order valence-electron chi connectivity index (χ4n) is 3.58. The van der Waals surface area contributed by atoms with Crippen molar-refractivity contribution in [2.24, 2.45) is 0 Å². The fraction of sp³-hybridized carbons (Fsp3) is 0.474. The number of nitrogens with one attached hydrogen (secondary N) is 1. The Kier molecular flexibility index (Phi) is 4.02. The Hall–Kier alpha value is -1.79. The number of nitrogens with zero attached hydrogens (tertiary/aromatic N) is 3. The molecule has 0 spiro atoms. The first-order valence-electron chi connectivity index (χ1n) is 9.16. The van der Waals surface area contributed by atoms with Crippen molar-refractivity contribution in [1.82, 2.24) is 19.7 Å². The SMILES string of the molecule is c1ccc2c(-c3nnc(SCC4CCCCO4)n3C3CC3)c[nH]c2c1. The van der Waals surface area contributed by atoms with Gasteiger partial charge in [0, 0.05) is 41.1 Å². The molecule has 1 saturated carbocycles. The Labute approximate surface area is 151 Å². The van der Waals surface area contributed by atoms with Crippen molar-refractivity contribution < 1.29 is 4.74 Å². The van der Waals surface area contributed by atoms with Crippen molar-refractivity contribution in [2.75, 3.05) is 12.4 Å². The van der Waals surface area contributed by atoms with Gasteiger partial charge in [-0.2, -0.15) is 0 Å². The summed E-state index contributed by atoms with van der Waals surface area (Å²) in [5.74, 6) is 1.96. The van der Waals surface area contributed by atoms with Crippen LogP contribution in [0.4, 0.5) is 0 Å². The molecule has 6 heteroatoms. The maximum Gasteiger partial charge on any atom is 0.191 e. The number of ether oxygens (including phenoxy) is 1. The molecule has 1 atom stereocenters. The maximum atomic E-state index is 5.87. The van der Waals surface area contributed by atoms with Gasteiger partial charge < -0.3 is 9.72 Å². The zero-order valence-electron chi connectivity index (χ0n) is 14.1. The van der Waals surface area contributed by atoms with Crippen LogP contribution in [-0.2, 0) is 4.74 Å². The van der Waals surface area contributed by atoms with Gasteiger partial charge in [-0.15, -0.1) is 10.2 Å².